The molecular formula is C15H17ClN4O. The lowest BCUT2D eigenvalue weighted by Gasteiger charge is -2.26. The largest absolute Gasteiger partial charge is 0.378 e. The molecule has 2 heterocycles. The summed E-state index contributed by atoms with van der Waals surface area (Å²) in [7, 11) is 0. The maximum Gasteiger partial charge on any atom is 0.227 e. The summed E-state index contributed by atoms with van der Waals surface area (Å²) in [6.45, 7) is 3.83. The summed E-state index contributed by atoms with van der Waals surface area (Å²) in [5.74, 6) is 1.57. The fraction of sp³-hybridized carbons (Fsp3) is 0.333. The standard InChI is InChI=1S/C15H17ClN4O/c16-13-3-1-12(2-4-13)11-18-14-5-6-17-15(19-14)20-7-9-21-10-8-20/h1-6H,7-11H2,(H,17,18,19). The predicted octanol–water partition coefficient (Wildman–Crippen LogP) is 2.58. The van der Waals surface area contributed by atoms with Crippen LogP contribution in [0, 0.1) is 0 Å². The Morgan fingerprint density at radius 1 is 1.14 bits per heavy atom. The smallest absolute Gasteiger partial charge is 0.227 e. The van der Waals surface area contributed by atoms with E-state index < -0.39 is 0 Å². The summed E-state index contributed by atoms with van der Waals surface area (Å²) < 4.78 is 5.34. The summed E-state index contributed by atoms with van der Waals surface area (Å²) in [5, 5.41) is 4.05. The first-order valence-electron chi connectivity index (χ1n) is 6.95. The molecule has 3 rings (SSSR count). The van der Waals surface area contributed by atoms with E-state index in [4.69, 9.17) is 16.3 Å². The van der Waals surface area contributed by atoms with E-state index in [1.54, 1.807) is 6.20 Å². The Bertz CT molecular complexity index is 584. The second kappa shape index (κ2) is 6.74. The van der Waals surface area contributed by atoms with E-state index in [-0.39, 0.29) is 0 Å². The lowest BCUT2D eigenvalue weighted by atomic mass is 10.2. The highest BCUT2D eigenvalue weighted by Gasteiger charge is 2.13. The van der Waals surface area contributed by atoms with E-state index >= 15 is 0 Å². The van der Waals surface area contributed by atoms with E-state index in [0.29, 0.717) is 6.54 Å². The zero-order valence-corrected chi connectivity index (χ0v) is 12.4. The minimum Gasteiger partial charge on any atom is -0.378 e. The van der Waals surface area contributed by atoms with Gasteiger partial charge >= 0.3 is 0 Å². The third-order valence-corrected chi connectivity index (χ3v) is 3.58. The topological polar surface area (TPSA) is 50.3 Å². The molecule has 6 heteroatoms. The molecule has 21 heavy (non-hydrogen) atoms. The number of nitrogens with one attached hydrogen (secondary N) is 1. The fourth-order valence-electron chi connectivity index (χ4n) is 2.16. The van der Waals surface area contributed by atoms with Crippen molar-refractivity contribution in [3.8, 4) is 0 Å². The van der Waals surface area contributed by atoms with Crippen molar-refractivity contribution in [1.82, 2.24) is 9.97 Å². The van der Waals surface area contributed by atoms with Crippen LogP contribution in [0.1, 0.15) is 5.56 Å². The number of nitrogens with zero attached hydrogens (tertiary/aromatic N) is 3. The molecule has 0 atom stereocenters. The molecule has 1 fully saturated rings. The molecule has 5 nitrogen and oxygen atoms in total. The quantitative estimate of drug-likeness (QED) is 0.941. The maximum atomic E-state index is 5.88. The maximum absolute atomic E-state index is 5.88. The van der Waals surface area contributed by atoms with Gasteiger partial charge in [0.25, 0.3) is 0 Å². The molecule has 0 spiro atoms. The summed E-state index contributed by atoms with van der Waals surface area (Å²) in [6.07, 6.45) is 1.78. The molecule has 2 aromatic rings. The van der Waals surface area contributed by atoms with Gasteiger partial charge in [0.1, 0.15) is 5.82 Å². The molecule has 1 aliphatic rings. The molecule has 1 saturated heterocycles. The average Bonchev–Trinajstić information content (AvgIpc) is 2.55. The Hall–Kier alpha value is -1.85. The highest BCUT2D eigenvalue weighted by atomic mass is 35.5. The third kappa shape index (κ3) is 3.83. The molecule has 0 radical (unpaired) electrons. The molecule has 0 aliphatic carbocycles. The van der Waals surface area contributed by atoms with Crippen molar-refractivity contribution < 1.29 is 4.74 Å². The van der Waals surface area contributed by atoms with Crippen molar-refractivity contribution in [2.45, 2.75) is 6.54 Å². The number of anilines is 2. The summed E-state index contributed by atoms with van der Waals surface area (Å²) in [4.78, 5) is 11.0. The Balaban J connectivity index is 1.64. The van der Waals surface area contributed by atoms with Gasteiger partial charge < -0.3 is 15.0 Å². The van der Waals surface area contributed by atoms with Crippen LogP contribution in [-0.2, 0) is 11.3 Å². The second-order valence-electron chi connectivity index (χ2n) is 4.82. The van der Waals surface area contributed by atoms with Gasteiger partial charge in [0, 0.05) is 30.9 Å². The van der Waals surface area contributed by atoms with Crippen molar-refractivity contribution in [2.24, 2.45) is 0 Å². The van der Waals surface area contributed by atoms with Crippen LogP contribution in [0.5, 0.6) is 0 Å². The number of morpholine rings is 1. The Labute approximate surface area is 128 Å². The molecule has 110 valence electrons. The fourth-order valence-corrected chi connectivity index (χ4v) is 2.28. The number of hydrogen-bond donors (Lipinski definition) is 1. The molecule has 1 N–H and O–H groups in total. The number of benzene rings is 1. The van der Waals surface area contributed by atoms with Crippen molar-refractivity contribution in [3.63, 3.8) is 0 Å². The predicted molar refractivity (Wildman–Crippen MR) is 83.8 cm³/mol. The van der Waals surface area contributed by atoms with Crippen LogP contribution >= 0.6 is 11.6 Å². The first-order valence-corrected chi connectivity index (χ1v) is 7.33. The summed E-state index contributed by atoms with van der Waals surface area (Å²) >= 11 is 5.88. The molecule has 0 bridgehead atoms. The minimum absolute atomic E-state index is 0.705. The van der Waals surface area contributed by atoms with Crippen LogP contribution in [0.15, 0.2) is 36.5 Å². The monoisotopic (exact) mass is 304 g/mol. The first-order chi connectivity index (χ1) is 10.3. The molecular weight excluding hydrogens is 288 g/mol. The van der Waals surface area contributed by atoms with E-state index in [1.165, 1.54) is 0 Å². The average molecular weight is 305 g/mol. The highest BCUT2D eigenvalue weighted by molar-refractivity contribution is 6.30. The van der Waals surface area contributed by atoms with Gasteiger partial charge in [-0.25, -0.2) is 4.98 Å². The Kier molecular flexibility index (Phi) is 4.52. The van der Waals surface area contributed by atoms with Gasteiger partial charge in [0.2, 0.25) is 5.95 Å². The van der Waals surface area contributed by atoms with Crippen molar-refractivity contribution in [3.05, 3.63) is 47.1 Å². The van der Waals surface area contributed by atoms with Crippen LogP contribution in [0.3, 0.4) is 0 Å². The molecule has 0 saturated carbocycles. The van der Waals surface area contributed by atoms with Crippen LogP contribution in [0.2, 0.25) is 5.02 Å². The third-order valence-electron chi connectivity index (χ3n) is 3.32. The number of ether oxygens (including phenoxy) is 1. The number of aromatic nitrogens is 2. The lowest BCUT2D eigenvalue weighted by molar-refractivity contribution is 0.122. The van der Waals surface area contributed by atoms with E-state index in [0.717, 1.165) is 48.7 Å². The first kappa shape index (κ1) is 14.1. The van der Waals surface area contributed by atoms with Gasteiger partial charge in [-0.3, -0.25) is 0 Å². The SMILES string of the molecule is Clc1ccc(CNc2ccnc(N3CCOCC3)n2)cc1. The second-order valence-corrected chi connectivity index (χ2v) is 5.26. The van der Waals surface area contributed by atoms with E-state index in [2.05, 4.69) is 20.2 Å². The van der Waals surface area contributed by atoms with Gasteiger partial charge in [0.05, 0.1) is 13.2 Å². The van der Waals surface area contributed by atoms with Crippen molar-refractivity contribution in [1.29, 1.82) is 0 Å². The Morgan fingerprint density at radius 2 is 1.90 bits per heavy atom. The van der Waals surface area contributed by atoms with Gasteiger partial charge in [-0.15, -0.1) is 0 Å². The molecule has 1 aromatic heterocycles. The van der Waals surface area contributed by atoms with E-state index in [9.17, 15) is 0 Å². The van der Waals surface area contributed by atoms with Crippen LogP contribution in [0.4, 0.5) is 11.8 Å². The number of halogens is 1. The van der Waals surface area contributed by atoms with Gasteiger partial charge in [-0.1, -0.05) is 23.7 Å². The van der Waals surface area contributed by atoms with Gasteiger partial charge in [0.15, 0.2) is 0 Å². The van der Waals surface area contributed by atoms with Gasteiger partial charge in [-0.05, 0) is 23.8 Å². The summed E-state index contributed by atoms with van der Waals surface area (Å²) in [5.41, 5.74) is 1.16. The van der Waals surface area contributed by atoms with Crippen molar-refractivity contribution in [2.75, 3.05) is 36.5 Å². The van der Waals surface area contributed by atoms with Crippen molar-refractivity contribution >= 4 is 23.4 Å². The normalized spacial score (nSPS) is 15.0. The summed E-state index contributed by atoms with van der Waals surface area (Å²) in [6, 6.07) is 9.65. The van der Waals surface area contributed by atoms with E-state index in [1.807, 2.05) is 30.3 Å². The van der Waals surface area contributed by atoms with Crippen LogP contribution in [0.25, 0.3) is 0 Å². The van der Waals surface area contributed by atoms with Gasteiger partial charge in [-0.2, -0.15) is 4.98 Å². The Morgan fingerprint density at radius 3 is 2.67 bits per heavy atom. The lowest BCUT2D eigenvalue weighted by Crippen LogP contribution is -2.37. The molecule has 1 aromatic carbocycles. The molecule has 0 amide bonds. The zero-order chi connectivity index (χ0) is 14.5. The molecule has 1 aliphatic heterocycles. The number of hydrogen-bond acceptors (Lipinski definition) is 5. The number of rotatable bonds is 4. The van der Waals surface area contributed by atoms with Crippen LogP contribution in [-0.4, -0.2) is 36.3 Å². The highest BCUT2D eigenvalue weighted by Crippen LogP contribution is 2.14. The zero-order valence-electron chi connectivity index (χ0n) is 11.6. The van der Waals surface area contributed by atoms with Crippen LogP contribution < -0.4 is 10.2 Å². The molecule has 0 unspecified atom stereocenters. The minimum atomic E-state index is 0.705.